The number of carbonyl (C=O) groups excluding carboxylic acids is 3. The molecule has 0 saturated heterocycles. The van der Waals surface area contributed by atoms with Crippen molar-refractivity contribution in [1.29, 1.82) is 0 Å². The summed E-state index contributed by atoms with van der Waals surface area (Å²) in [6.45, 7) is 6.60. The number of benzene rings is 1. The van der Waals surface area contributed by atoms with Gasteiger partial charge in [-0.25, -0.2) is 14.5 Å². The van der Waals surface area contributed by atoms with Crippen molar-refractivity contribution in [2.75, 3.05) is 6.61 Å². The number of nitrogens with zero attached hydrogens (tertiary/aromatic N) is 1. The molecule has 2 rings (SSSR count). The second kappa shape index (κ2) is 7.29. The molecule has 1 aromatic rings. The third-order valence-corrected chi connectivity index (χ3v) is 3.76. The van der Waals surface area contributed by atoms with Crippen LogP contribution in [0, 0.1) is 0 Å². The number of amides is 2. The van der Waals surface area contributed by atoms with Crippen molar-refractivity contribution < 1.29 is 29.0 Å². The maximum atomic E-state index is 12.6. The third kappa shape index (κ3) is 3.77. The van der Waals surface area contributed by atoms with Gasteiger partial charge in [0.15, 0.2) is 0 Å². The van der Waals surface area contributed by atoms with E-state index in [-0.39, 0.29) is 12.2 Å². The molecular formula is C19H23NO6. The molecule has 1 N–H and O–H groups in total. The largest absolute Gasteiger partial charge is 0.464 e. The zero-order valence-electron chi connectivity index (χ0n) is 15.3. The Hall–Kier alpha value is -2.67. The van der Waals surface area contributed by atoms with Crippen LogP contribution in [0.5, 0.6) is 0 Å². The molecule has 7 heteroatoms. The molecule has 0 bridgehead atoms. The molecule has 2 atom stereocenters. The fourth-order valence-corrected chi connectivity index (χ4v) is 2.66. The van der Waals surface area contributed by atoms with E-state index in [0.717, 1.165) is 11.0 Å². The Morgan fingerprint density at radius 1 is 1.19 bits per heavy atom. The smallest absolute Gasteiger partial charge is 0.418 e. The number of aliphatic hydroxyl groups is 1. The van der Waals surface area contributed by atoms with Crippen molar-refractivity contribution in [2.24, 2.45) is 0 Å². The summed E-state index contributed by atoms with van der Waals surface area (Å²) < 4.78 is 10.3. The Morgan fingerprint density at radius 3 is 2.35 bits per heavy atom. The summed E-state index contributed by atoms with van der Waals surface area (Å²) >= 11 is 0. The van der Waals surface area contributed by atoms with E-state index in [1.54, 1.807) is 45.9 Å². The Kier molecular flexibility index (Phi) is 5.51. The summed E-state index contributed by atoms with van der Waals surface area (Å²) in [4.78, 5) is 38.1. The molecule has 1 aliphatic rings. The van der Waals surface area contributed by atoms with Crippen LogP contribution in [0.4, 0.5) is 4.79 Å². The van der Waals surface area contributed by atoms with Gasteiger partial charge in [0, 0.05) is 6.08 Å². The number of hydrogen-bond acceptors (Lipinski definition) is 6. The van der Waals surface area contributed by atoms with Gasteiger partial charge in [-0.2, -0.15) is 0 Å². The van der Waals surface area contributed by atoms with Gasteiger partial charge in [-0.15, -0.1) is 0 Å². The summed E-state index contributed by atoms with van der Waals surface area (Å²) in [7, 11) is 0. The first-order valence-corrected chi connectivity index (χ1v) is 8.30. The number of ether oxygens (including phenoxy) is 2. The van der Waals surface area contributed by atoms with Gasteiger partial charge in [-0.3, -0.25) is 4.79 Å². The van der Waals surface area contributed by atoms with Gasteiger partial charge in [-0.1, -0.05) is 36.4 Å². The highest BCUT2D eigenvalue weighted by Gasteiger charge is 2.54. The quantitative estimate of drug-likeness (QED) is 0.826. The fourth-order valence-electron chi connectivity index (χ4n) is 2.66. The number of carbonyl (C=O) groups is 3. The van der Waals surface area contributed by atoms with Crippen molar-refractivity contribution in [3.05, 3.63) is 48.0 Å². The zero-order chi connectivity index (χ0) is 19.5. The summed E-state index contributed by atoms with van der Waals surface area (Å²) in [5.74, 6) is -1.63. The predicted octanol–water partition coefficient (Wildman–Crippen LogP) is 2.14. The lowest BCUT2D eigenvalue weighted by atomic mass is 9.86. The van der Waals surface area contributed by atoms with Crippen molar-refractivity contribution in [1.82, 2.24) is 4.90 Å². The number of imide groups is 1. The molecule has 2 unspecified atom stereocenters. The summed E-state index contributed by atoms with van der Waals surface area (Å²) in [6.07, 6.45) is 1.48. The molecule has 2 amide bonds. The van der Waals surface area contributed by atoms with Crippen LogP contribution in [0.3, 0.4) is 0 Å². The molecule has 0 aromatic heterocycles. The number of rotatable bonds is 4. The molecule has 0 spiro atoms. The second-order valence-electron chi connectivity index (χ2n) is 6.85. The van der Waals surface area contributed by atoms with Gasteiger partial charge < -0.3 is 14.6 Å². The van der Waals surface area contributed by atoms with Crippen LogP contribution in [-0.2, 0) is 24.7 Å². The van der Waals surface area contributed by atoms with E-state index in [9.17, 15) is 19.5 Å². The lowest BCUT2D eigenvalue weighted by Crippen LogP contribution is -2.56. The molecule has 0 aliphatic carbocycles. The number of esters is 1. The maximum Gasteiger partial charge on any atom is 0.418 e. The first kappa shape index (κ1) is 19.7. The topological polar surface area (TPSA) is 93.1 Å². The lowest BCUT2D eigenvalue weighted by Gasteiger charge is -2.36. The average molecular weight is 361 g/mol. The Morgan fingerprint density at radius 2 is 1.81 bits per heavy atom. The monoisotopic (exact) mass is 361 g/mol. The van der Waals surface area contributed by atoms with Crippen molar-refractivity contribution >= 4 is 18.0 Å². The van der Waals surface area contributed by atoms with Crippen LogP contribution in [0.15, 0.2) is 42.5 Å². The second-order valence-corrected chi connectivity index (χ2v) is 6.85. The van der Waals surface area contributed by atoms with Crippen LogP contribution in [0.25, 0.3) is 0 Å². The maximum absolute atomic E-state index is 12.6. The molecule has 26 heavy (non-hydrogen) atoms. The molecular weight excluding hydrogens is 338 g/mol. The molecule has 0 fully saturated rings. The van der Waals surface area contributed by atoms with Gasteiger partial charge in [0.2, 0.25) is 5.60 Å². The summed E-state index contributed by atoms with van der Waals surface area (Å²) in [6, 6.07) is 6.76. The van der Waals surface area contributed by atoms with Gasteiger partial charge in [0.05, 0.1) is 6.61 Å². The average Bonchev–Trinajstić information content (AvgIpc) is 2.95. The van der Waals surface area contributed by atoms with Gasteiger partial charge in [0.25, 0.3) is 5.91 Å². The summed E-state index contributed by atoms with van der Waals surface area (Å²) in [5.41, 5.74) is -2.90. The van der Waals surface area contributed by atoms with E-state index in [0.29, 0.717) is 0 Å². The van der Waals surface area contributed by atoms with E-state index in [1.807, 2.05) is 0 Å². The first-order chi connectivity index (χ1) is 12.1. The number of hydrogen-bond donors (Lipinski definition) is 1. The van der Waals surface area contributed by atoms with E-state index in [1.165, 1.54) is 18.2 Å². The molecule has 1 aromatic carbocycles. The Balaban J connectivity index is 2.49. The van der Waals surface area contributed by atoms with Crippen LogP contribution in [0.2, 0.25) is 0 Å². The molecule has 7 nitrogen and oxygen atoms in total. The minimum absolute atomic E-state index is 0.0325. The highest BCUT2D eigenvalue weighted by atomic mass is 16.6. The van der Waals surface area contributed by atoms with Crippen LogP contribution in [-0.4, -0.2) is 46.2 Å². The third-order valence-electron chi connectivity index (χ3n) is 3.76. The summed E-state index contributed by atoms with van der Waals surface area (Å²) in [5, 5.41) is 11.3. The normalized spacial score (nSPS) is 19.2. The zero-order valence-corrected chi connectivity index (χ0v) is 15.3. The van der Waals surface area contributed by atoms with Crippen LogP contribution < -0.4 is 0 Å². The van der Waals surface area contributed by atoms with Gasteiger partial charge >= 0.3 is 12.1 Å². The molecule has 1 aliphatic heterocycles. The lowest BCUT2D eigenvalue weighted by molar-refractivity contribution is -0.172. The molecule has 0 radical (unpaired) electrons. The first-order valence-electron chi connectivity index (χ1n) is 8.30. The predicted molar refractivity (Wildman–Crippen MR) is 93.0 cm³/mol. The van der Waals surface area contributed by atoms with E-state index < -0.39 is 35.2 Å². The highest BCUT2D eigenvalue weighted by molar-refractivity contribution is 6.03. The molecule has 0 saturated carbocycles. The van der Waals surface area contributed by atoms with Crippen molar-refractivity contribution in [2.45, 2.75) is 44.9 Å². The standard InChI is InChI=1S/C19H23NO6/c1-5-25-16(22)19(24,13-9-7-6-8-10-13)14-11-12-15(21)20(14)17(23)26-18(2,3)4/h6-12,14,24H,5H2,1-4H3. The van der Waals surface area contributed by atoms with E-state index >= 15 is 0 Å². The Labute approximate surface area is 152 Å². The minimum Gasteiger partial charge on any atom is -0.464 e. The minimum atomic E-state index is -2.25. The Bertz CT molecular complexity index is 721. The molecule has 140 valence electrons. The van der Waals surface area contributed by atoms with Gasteiger partial charge in [-0.05, 0) is 33.3 Å². The van der Waals surface area contributed by atoms with E-state index in [2.05, 4.69) is 0 Å². The fraction of sp³-hybridized carbons (Fsp3) is 0.421. The van der Waals surface area contributed by atoms with E-state index in [4.69, 9.17) is 9.47 Å². The SMILES string of the molecule is CCOC(=O)C(O)(c1ccccc1)C1C=CC(=O)N1C(=O)OC(C)(C)C. The van der Waals surface area contributed by atoms with Crippen LogP contribution in [0.1, 0.15) is 33.3 Å². The molecule has 1 heterocycles. The van der Waals surface area contributed by atoms with Crippen molar-refractivity contribution in [3.8, 4) is 0 Å². The highest BCUT2D eigenvalue weighted by Crippen LogP contribution is 2.34. The van der Waals surface area contributed by atoms with Gasteiger partial charge in [0.1, 0.15) is 11.6 Å². The van der Waals surface area contributed by atoms with Crippen LogP contribution >= 0.6 is 0 Å². The van der Waals surface area contributed by atoms with Crippen molar-refractivity contribution in [3.63, 3.8) is 0 Å².